The quantitative estimate of drug-likeness (QED) is 0.769. The molecule has 1 N–H and O–H groups in total. The van der Waals surface area contributed by atoms with Gasteiger partial charge in [0.25, 0.3) is 0 Å². The number of hydrogen-bond donors (Lipinski definition) is 1. The molecule has 0 amide bonds. The molecule has 16 heavy (non-hydrogen) atoms. The SMILES string of the molecule is CNC(C(C)C)C12CC3CC(CC(C3)C1)C2. The van der Waals surface area contributed by atoms with Crippen molar-refractivity contribution in [1.82, 2.24) is 5.32 Å². The standard InChI is InChI=1S/C15H27N/c1-10(2)14(16-3)15-7-11-4-12(8-15)6-13(5-11)9-15/h10-14,16H,4-9H2,1-3H3. The predicted molar refractivity (Wildman–Crippen MR) is 68.3 cm³/mol. The van der Waals surface area contributed by atoms with Crippen LogP contribution in [-0.2, 0) is 0 Å². The monoisotopic (exact) mass is 221 g/mol. The molecule has 0 aromatic heterocycles. The molecule has 1 nitrogen and oxygen atoms in total. The summed E-state index contributed by atoms with van der Waals surface area (Å²) >= 11 is 0. The first-order valence-electron chi connectivity index (χ1n) is 7.30. The van der Waals surface area contributed by atoms with Crippen molar-refractivity contribution < 1.29 is 0 Å². The lowest BCUT2D eigenvalue weighted by atomic mass is 9.47. The van der Waals surface area contributed by atoms with Gasteiger partial charge < -0.3 is 5.32 Å². The van der Waals surface area contributed by atoms with Gasteiger partial charge in [0.1, 0.15) is 0 Å². The van der Waals surface area contributed by atoms with E-state index in [-0.39, 0.29) is 0 Å². The lowest BCUT2D eigenvalue weighted by Crippen LogP contribution is -2.57. The lowest BCUT2D eigenvalue weighted by Gasteiger charge is -2.60. The maximum absolute atomic E-state index is 3.66. The molecule has 0 spiro atoms. The summed E-state index contributed by atoms with van der Waals surface area (Å²) in [4.78, 5) is 0. The molecule has 1 atom stereocenters. The van der Waals surface area contributed by atoms with E-state index in [1.807, 2.05) is 0 Å². The van der Waals surface area contributed by atoms with Gasteiger partial charge >= 0.3 is 0 Å². The third-order valence-corrected chi connectivity index (χ3v) is 5.72. The second-order valence-electron chi connectivity index (χ2n) is 7.29. The molecule has 4 fully saturated rings. The normalized spacial score (nSPS) is 47.6. The maximum Gasteiger partial charge on any atom is 0.0144 e. The zero-order chi connectivity index (χ0) is 11.3. The minimum Gasteiger partial charge on any atom is -0.316 e. The summed E-state index contributed by atoms with van der Waals surface area (Å²) in [5.41, 5.74) is 0.678. The van der Waals surface area contributed by atoms with Crippen molar-refractivity contribution in [1.29, 1.82) is 0 Å². The molecular formula is C15H27N. The Labute approximate surface area is 100 Å². The van der Waals surface area contributed by atoms with Gasteiger partial charge in [0.05, 0.1) is 0 Å². The van der Waals surface area contributed by atoms with Crippen LogP contribution in [0.15, 0.2) is 0 Å². The van der Waals surface area contributed by atoms with Gasteiger partial charge in [0.2, 0.25) is 0 Å². The predicted octanol–water partition coefficient (Wildman–Crippen LogP) is 3.45. The van der Waals surface area contributed by atoms with Crippen molar-refractivity contribution in [3.63, 3.8) is 0 Å². The Kier molecular flexibility index (Phi) is 2.58. The van der Waals surface area contributed by atoms with E-state index in [1.54, 1.807) is 19.3 Å². The summed E-state index contributed by atoms with van der Waals surface area (Å²) in [6.07, 6.45) is 9.28. The van der Waals surface area contributed by atoms with Crippen molar-refractivity contribution >= 4 is 0 Å². The van der Waals surface area contributed by atoms with E-state index in [9.17, 15) is 0 Å². The van der Waals surface area contributed by atoms with Gasteiger partial charge in [-0.05, 0) is 74.7 Å². The van der Waals surface area contributed by atoms with E-state index in [2.05, 4.69) is 26.2 Å². The van der Waals surface area contributed by atoms with Crippen LogP contribution in [0.2, 0.25) is 0 Å². The molecule has 0 aromatic carbocycles. The van der Waals surface area contributed by atoms with Crippen molar-refractivity contribution in [2.45, 2.75) is 58.4 Å². The summed E-state index contributed by atoms with van der Waals surface area (Å²) in [7, 11) is 2.18. The summed E-state index contributed by atoms with van der Waals surface area (Å²) in [5.74, 6) is 4.05. The average Bonchev–Trinajstić information content (AvgIpc) is 2.14. The molecule has 0 radical (unpaired) electrons. The topological polar surface area (TPSA) is 12.0 Å². The molecule has 4 saturated carbocycles. The zero-order valence-corrected chi connectivity index (χ0v) is 11.1. The number of rotatable bonds is 3. The van der Waals surface area contributed by atoms with Gasteiger partial charge in [-0.25, -0.2) is 0 Å². The fourth-order valence-electron chi connectivity index (χ4n) is 5.91. The zero-order valence-electron chi connectivity index (χ0n) is 11.1. The van der Waals surface area contributed by atoms with Crippen LogP contribution in [0.4, 0.5) is 0 Å². The van der Waals surface area contributed by atoms with Crippen LogP contribution >= 0.6 is 0 Å². The Morgan fingerprint density at radius 1 is 0.938 bits per heavy atom. The summed E-state index contributed by atoms with van der Waals surface area (Å²) in [6.45, 7) is 4.81. The van der Waals surface area contributed by atoms with Gasteiger partial charge in [0.15, 0.2) is 0 Å². The minimum atomic E-state index is 0.678. The molecule has 4 rings (SSSR count). The first kappa shape index (κ1) is 11.1. The van der Waals surface area contributed by atoms with Gasteiger partial charge in [-0.2, -0.15) is 0 Å². The Morgan fingerprint density at radius 2 is 1.38 bits per heavy atom. The van der Waals surface area contributed by atoms with Gasteiger partial charge in [-0.1, -0.05) is 13.8 Å². The lowest BCUT2D eigenvalue weighted by molar-refractivity contribution is -0.0808. The highest BCUT2D eigenvalue weighted by atomic mass is 14.9. The van der Waals surface area contributed by atoms with Crippen molar-refractivity contribution in [2.75, 3.05) is 7.05 Å². The van der Waals surface area contributed by atoms with Crippen LogP contribution in [0.1, 0.15) is 52.4 Å². The molecule has 92 valence electrons. The molecular weight excluding hydrogens is 194 g/mol. The van der Waals surface area contributed by atoms with E-state index >= 15 is 0 Å². The van der Waals surface area contributed by atoms with Crippen LogP contribution in [0.25, 0.3) is 0 Å². The highest BCUT2D eigenvalue weighted by Crippen LogP contribution is 2.61. The van der Waals surface area contributed by atoms with Crippen LogP contribution < -0.4 is 5.32 Å². The molecule has 0 aliphatic heterocycles. The Morgan fingerprint density at radius 3 is 1.69 bits per heavy atom. The maximum atomic E-state index is 3.66. The van der Waals surface area contributed by atoms with E-state index in [0.717, 1.165) is 29.7 Å². The summed E-state index contributed by atoms with van der Waals surface area (Å²) < 4.78 is 0. The molecule has 1 heteroatoms. The molecule has 1 unspecified atom stereocenters. The Balaban J connectivity index is 1.87. The Hall–Kier alpha value is -0.0400. The smallest absolute Gasteiger partial charge is 0.0144 e. The summed E-state index contributed by atoms with van der Waals surface area (Å²) in [5, 5.41) is 3.66. The van der Waals surface area contributed by atoms with Gasteiger partial charge in [-0.3, -0.25) is 0 Å². The second kappa shape index (κ2) is 3.73. The highest BCUT2D eigenvalue weighted by Gasteiger charge is 2.54. The molecule has 0 heterocycles. The first-order chi connectivity index (χ1) is 7.63. The summed E-state index contributed by atoms with van der Waals surface area (Å²) in [6, 6.07) is 0.765. The van der Waals surface area contributed by atoms with E-state index in [4.69, 9.17) is 0 Å². The number of nitrogens with one attached hydrogen (secondary N) is 1. The van der Waals surface area contributed by atoms with E-state index < -0.39 is 0 Å². The van der Waals surface area contributed by atoms with Crippen LogP contribution in [-0.4, -0.2) is 13.1 Å². The minimum absolute atomic E-state index is 0.678. The van der Waals surface area contributed by atoms with Crippen molar-refractivity contribution in [3.05, 3.63) is 0 Å². The third kappa shape index (κ3) is 1.54. The van der Waals surface area contributed by atoms with E-state index in [0.29, 0.717) is 5.41 Å². The highest BCUT2D eigenvalue weighted by molar-refractivity contribution is 5.06. The molecule has 4 bridgehead atoms. The molecule has 4 aliphatic rings. The second-order valence-corrected chi connectivity index (χ2v) is 7.29. The van der Waals surface area contributed by atoms with Crippen LogP contribution in [0, 0.1) is 29.1 Å². The Bertz CT molecular complexity index is 233. The van der Waals surface area contributed by atoms with Crippen molar-refractivity contribution in [2.24, 2.45) is 29.1 Å². The first-order valence-corrected chi connectivity index (χ1v) is 7.30. The van der Waals surface area contributed by atoms with Crippen molar-refractivity contribution in [3.8, 4) is 0 Å². The van der Waals surface area contributed by atoms with E-state index in [1.165, 1.54) is 19.3 Å². The van der Waals surface area contributed by atoms with Gasteiger partial charge in [0, 0.05) is 6.04 Å². The average molecular weight is 221 g/mol. The van der Waals surface area contributed by atoms with Crippen LogP contribution in [0.5, 0.6) is 0 Å². The fraction of sp³-hybridized carbons (Fsp3) is 1.00. The fourth-order valence-corrected chi connectivity index (χ4v) is 5.91. The molecule has 4 aliphatic carbocycles. The number of hydrogen-bond acceptors (Lipinski definition) is 1. The largest absolute Gasteiger partial charge is 0.316 e. The van der Waals surface area contributed by atoms with Crippen LogP contribution in [0.3, 0.4) is 0 Å². The van der Waals surface area contributed by atoms with Gasteiger partial charge in [-0.15, -0.1) is 0 Å². The molecule has 0 saturated heterocycles. The molecule has 0 aromatic rings. The third-order valence-electron chi connectivity index (χ3n) is 5.72.